The average Bonchev–Trinajstić information content (AvgIpc) is 3.07. The van der Waals surface area contributed by atoms with E-state index in [1.165, 1.54) is 6.08 Å². The van der Waals surface area contributed by atoms with E-state index < -0.39 is 11.8 Å². The number of carbonyl (C=O) groups is 3. The van der Waals surface area contributed by atoms with E-state index >= 15 is 0 Å². The zero-order valence-corrected chi connectivity index (χ0v) is 25.7. The summed E-state index contributed by atoms with van der Waals surface area (Å²) in [6.07, 6.45) is 4.85. The molecule has 0 bridgehead atoms. The summed E-state index contributed by atoms with van der Waals surface area (Å²) in [5.41, 5.74) is 4.11. The number of rotatable bonds is 11. The van der Waals surface area contributed by atoms with Crippen molar-refractivity contribution < 1.29 is 19.1 Å². The summed E-state index contributed by atoms with van der Waals surface area (Å²) in [5, 5.41) is 5.53. The molecule has 5 aromatic carbocycles. The molecule has 0 spiro atoms. The summed E-state index contributed by atoms with van der Waals surface area (Å²) in [6.45, 7) is 0.482. The van der Waals surface area contributed by atoms with Gasteiger partial charge in [-0.2, -0.15) is 0 Å². The van der Waals surface area contributed by atoms with E-state index in [1.54, 1.807) is 60.7 Å². The van der Waals surface area contributed by atoms with Crippen molar-refractivity contribution in [3.8, 4) is 5.75 Å². The molecule has 0 aliphatic rings. The molecular formula is C38H29BrN2O4. The third kappa shape index (κ3) is 9.23. The first kappa shape index (κ1) is 30.9. The van der Waals surface area contributed by atoms with Crippen LogP contribution in [0.25, 0.3) is 12.2 Å². The van der Waals surface area contributed by atoms with Crippen LogP contribution in [0.2, 0.25) is 0 Å². The second kappa shape index (κ2) is 15.3. The van der Waals surface area contributed by atoms with Gasteiger partial charge in [0.15, 0.2) is 5.78 Å². The standard InChI is InChI=1S/C38H29BrN2O4/c39-32-13-7-10-29(24-32)25-35(41-37(43)31-11-5-2-6-12-31)38(44)40-33-19-17-30(18-20-33)36(42)23-16-27-14-21-34(22-15-27)45-26-28-8-3-1-4-9-28/h1-25H,26H2,(H,40,44)(H,41,43)/b23-16+,35-25-. The number of ether oxygens (including phenoxy) is 1. The van der Waals surface area contributed by atoms with Gasteiger partial charge in [0, 0.05) is 21.3 Å². The zero-order valence-electron chi connectivity index (χ0n) is 24.2. The van der Waals surface area contributed by atoms with E-state index in [2.05, 4.69) is 26.6 Å². The Morgan fingerprint density at radius 1 is 0.689 bits per heavy atom. The highest BCUT2D eigenvalue weighted by Gasteiger charge is 2.15. The van der Waals surface area contributed by atoms with Gasteiger partial charge >= 0.3 is 0 Å². The summed E-state index contributed by atoms with van der Waals surface area (Å²) >= 11 is 3.43. The van der Waals surface area contributed by atoms with E-state index in [4.69, 9.17) is 4.74 Å². The van der Waals surface area contributed by atoms with Crippen molar-refractivity contribution in [3.63, 3.8) is 0 Å². The van der Waals surface area contributed by atoms with Gasteiger partial charge in [0.2, 0.25) is 0 Å². The molecule has 45 heavy (non-hydrogen) atoms. The molecule has 2 N–H and O–H groups in total. The van der Waals surface area contributed by atoms with Crippen LogP contribution in [0.4, 0.5) is 5.69 Å². The van der Waals surface area contributed by atoms with E-state index in [9.17, 15) is 14.4 Å². The first-order valence-electron chi connectivity index (χ1n) is 14.2. The Bertz CT molecular complexity index is 1830. The van der Waals surface area contributed by atoms with Crippen LogP contribution in [0, 0.1) is 0 Å². The quantitative estimate of drug-likeness (QED) is 0.111. The number of benzene rings is 5. The number of hydrogen-bond acceptors (Lipinski definition) is 4. The third-order valence-corrected chi connectivity index (χ3v) is 7.16. The minimum Gasteiger partial charge on any atom is -0.489 e. The maximum Gasteiger partial charge on any atom is 0.272 e. The zero-order chi connectivity index (χ0) is 31.4. The molecule has 2 amide bonds. The maximum absolute atomic E-state index is 13.3. The lowest BCUT2D eigenvalue weighted by molar-refractivity contribution is -0.113. The predicted molar refractivity (Wildman–Crippen MR) is 182 cm³/mol. The number of nitrogens with one attached hydrogen (secondary N) is 2. The molecule has 0 radical (unpaired) electrons. The van der Waals surface area contributed by atoms with Gasteiger partial charge in [0.1, 0.15) is 18.1 Å². The van der Waals surface area contributed by atoms with Crippen LogP contribution in [0.15, 0.2) is 150 Å². The molecule has 0 heterocycles. The van der Waals surface area contributed by atoms with Gasteiger partial charge in [0.25, 0.3) is 11.8 Å². The van der Waals surface area contributed by atoms with Crippen molar-refractivity contribution in [3.05, 3.63) is 178 Å². The van der Waals surface area contributed by atoms with Gasteiger partial charge in [-0.15, -0.1) is 0 Å². The van der Waals surface area contributed by atoms with Crippen LogP contribution in [0.5, 0.6) is 5.75 Å². The van der Waals surface area contributed by atoms with Crippen LogP contribution in [-0.4, -0.2) is 17.6 Å². The number of anilines is 1. The summed E-state index contributed by atoms with van der Waals surface area (Å²) in [4.78, 5) is 39.0. The minimum absolute atomic E-state index is 0.0709. The molecule has 0 fully saturated rings. The van der Waals surface area contributed by atoms with Crippen molar-refractivity contribution in [1.82, 2.24) is 5.32 Å². The normalized spacial score (nSPS) is 11.2. The predicted octanol–water partition coefficient (Wildman–Crippen LogP) is 8.33. The maximum atomic E-state index is 13.3. The Kier molecular flexibility index (Phi) is 10.5. The highest BCUT2D eigenvalue weighted by Crippen LogP contribution is 2.18. The number of carbonyl (C=O) groups excluding carboxylic acids is 3. The molecule has 0 saturated heterocycles. The number of ketones is 1. The van der Waals surface area contributed by atoms with Crippen molar-refractivity contribution in [2.45, 2.75) is 6.61 Å². The number of hydrogen-bond donors (Lipinski definition) is 2. The highest BCUT2D eigenvalue weighted by molar-refractivity contribution is 9.10. The Morgan fingerprint density at radius 3 is 2.07 bits per heavy atom. The van der Waals surface area contributed by atoms with Gasteiger partial charge < -0.3 is 15.4 Å². The minimum atomic E-state index is -0.505. The molecule has 0 aliphatic carbocycles. The fourth-order valence-electron chi connectivity index (χ4n) is 4.31. The smallest absolute Gasteiger partial charge is 0.272 e. The lowest BCUT2D eigenvalue weighted by Crippen LogP contribution is -2.30. The van der Waals surface area contributed by atoms with E-state index in [0.29, 0.717) is 23.4 Å². The first-order valence-corrected chi connectivity index (χ1v) is 15.0. The number of amides is 2. The molecule has 0 atom stereocenters. The topological polar surface area (TPSA) is 84.5 Å². The second-order valence-corrected chi connectivity index (χ2v) is 10.9. The number of allylic oxidation sites excluding steroid dienone is 1. The van der Waals surface area contributed by atoms with E-state index in [-0.39, 0.29) is 11.5 Å². The SMILES string of the molecule is O=C(Nc1ccc(C(=O)/C=C/c2ccc(OCc3ccccc3)cc2)cc1)/C(=C/c1cccc(Br)c1)NC(=O)c1ccccc1. The molecule has 6 nitrogen and oxygen atoms in total. The third-order valence-electron chi connectivity index (χ3n) is 6.67. The molecule has 0 aliphatic heterocycles. The van der Waals surface area contributed by atoms with Crippen LogP contribution in [0.1, 0.15) is 37.4 Å². The Labute approximate surface area is 270 Å². The number of halogens is 1. The lowest BCUT2D eigenvalue weighted by Gasteiger charge is -2.12. The Morgan fingerprint density at radius 2 is 1.38 bits per heavy atom. The van der Waals surface area contributed by atoms with Gasteiger partial charge in [-0.1, -0.05) is 94.8 Å². The van der Waals surface area contributed by atoms with Gasteiger partial charge in [-0.3, -0.25) is 14.4 Å². The van der Waals surface area contributed by atoms with E-state index in [1.807, 2.05) is 84.9 Å². The molecule has 222 valence electrons. The molecule has 5 rings (SSSR count). The van der Waals surface area contributed by atoms with Crippen molar-refractivity contribution in [2.75, 3.05) is 5.32 Å². The monoisotopic (exact) mass is 656 g/mol. The molecule has 0 aromatic heterocycles. The fraction of sp³-hybridized carbons (Fsp3) is 0.0263. The molecule has 0 saturated carbocycles. The van der Waals surface area contributed by atoms with Gasteiger partial charge in [-0.25, -0.2) is 0 Å². The Balaban J connectivity index is 1.21. The van der Waals surface area contributed by atoms with Crippen LogP contribution in [-0.2, 0) is 11.4 Å². The van der Waals surface area contributed by atoms with Crippen molar-refractivity contribution in [1.29, 1.82) is 0 Å². The molecule has 0 unspecified atom stereocenters. The molecule has 7 heteroatoms. The lowest BCUT2D eigenvalue weighted by atomic mass is 10.1. The van der Waals surface area contributed by atoms with E-state index in [0.717, 1.165) is 26.9 Å². The van der Waals surface area contributed by atoms with Crippen LogP contribution in [0.3, 0.4) is 0 Å². The summed E-state index contributed by atoms with van der Waals surface area (Å²) in [5.74, 6) is -0.347. The average molecular weight is 658 g/mol. The largest absolute Gasteiger partial charge is 0.489 e. The van der Waals surface area contributed by atoms with Crippen LogP contribution >= 0.6 is 15.9 Å². The van der Waals surface area contributed by atoms with Gasteiger partial charge in [0.05, 0.1) is 0 Å². The second-order valence-electron chi connectivity index (χ2n) is 10.0. The van der Waals surface area contributed by atoms with Gasteiger partial charge in [-0.05, 0) is 89.5 Å². The fourth-order valence-corrected chi connectivity index (χ4v) is 4.72. The first-order chi connectivity index (χ1) is 21.9. The molecule has 5 aromatic rings. The van der Waals surface area contributed by atoms with Crippen LogP contribution < -0.4 is 15.4 Å². The molecular weight excluding hydrogens is 628 g/mol. The highest BCUT2D eigenvalue weighted by atomic mass is 79.9. The van der Waals surface area contributed by atoms with Crippen molar-refractivity contribution >= 4 is 51.4 Å². The summed E-state index contributed by atoms with van der Waals surface area (Å²) in [6, 6.07) is 40.1. The Hall–Kier alpha value is -5.53. The summed E-state index contributed by atoms with van der Waals surface area (Å²) < 4.78 is 6.66. The van der Waals surface area contributed by atoms with Crippen molar-refractivity contribution in [2.24, 2.45) is 0 Å². The summed E-state index contributed by atoms with van der Waals surface area (Å²) in [7, 11) is 0.